The molecule has 0 aliphatic heterocycles. The van der Waals surface area contributed by atoms with Crippen LogP contribution in [0.3, 0.4) is 0 Å². The molecule has 2 nitrogen and oxygen atoms in total. The smallest absolute Gasteiger partial charge is 0.0482 e. The number of pyridine rings is 1. The maximum Gasteiger partial charge on any atom is 0.0482 e. The van der Waals surface area contributed by atoms with E-state index in [1.165, 1.54) is 49.8 Å². The predicted molar refractivity (Wildman–Crippen MR) is 79.0 cm³/mol. The van der Waals surface area contributed by atoms with Crippen molar-refractivity contribution in [1.29, 1.82) is 0 Å². The van der Waals surface area contributed by atoms with Gasteiger partial charge in [0.25, 0.3) is 0 Å². The number of rotatable bonds is 2. The summed E-state index contributed by atoms with van der Waals surface area (Å²) in [5.41, 5.74) is 9.87. The van der Waals surface area contributed by atoms with Crippen LogP contribution in [-0.2, 0) is 6.42 Å². The summed E-state index contributed by atoms with van der Waals surface area (Å²) < 4.78 is 0. The number of aromatic nitrogens is 1. The molecule has 1 heterocycles. The van der Waals surface area contributed by atoms with Gasteiger partial charge in [-0.05, 0) is 61.5 Å². The number of hydrogen-bond acceptors (Lipinski definition) is 2. The fourth-order valence-electron chi connectivity index (χ4n) is 3.95. The molecule has 3 rings (SSSR count). The van der Waals surface area contributed by atoms with Gasteiger partial charge in [-0.25, -0.2) is 0 Å². The van der Waals surface area contributed by atoms with Gasteiger partial charge < -0.3 is 5.73 Å². The van der Waals surface area contributed by atoms with E-state index >= 15 is 0 Å². The highest BCUT2D eigenvalue weighted by molar-refractivity contribution is 5.30. The zero-order valence-corrected chi connectivity index (χ0v) is 12.2. The summed E-state index contributed by atoms with van der Waals surface area (Å²) in [6, 6.07) is 4.58. The molecular formula is C17H26N2. The Kier molecular flexibility index (Phi) is 3.38. The number of nitrogens with two attached hydrogens (primary N) is 1. The minimum absolute atomic E-state index is 0.312. The molecule has 1 saturated carbocycles. The third-order valence-corrected chi connectivity index (χ3v) is 5.39. The predicted octanol–water partition coefficient (Wildman–Crippen LogP) is 3.66. The zero-order valence-electron chi connectivity index (χ0n) is 12.2. The number of fused-ring (bicyclic) bond motifs is 1. The first-order valence-corrected chi connectivity index (χ1v) is 7.76. The Morgan fingerprint density at radius 1 is 1.26 bits per heavy atom. The summed E-state index contributed by atoms with van der Waals surface area (Å²) in [7, 11) is 0. The van der Waals surface area contributed by atoms with Crippen LogP contribution in [-0.4, -0.2) is 11.0 Å². The molecule has 2 unspecified atom stereocenters. The third kappa shape index (κ3) is 2.55. The van der Waals surface area contributed by atoms with Crippen molar-refractivity contribution in [2.24, 2.45) is 17.1 Å². The molecule has 0 saturated heterocycles. The van der Waals surface area contributed by atoms with Gasteiger partial charge in [0.1, 0.15) is 0 Å². The molecule has 0 amide bonds. The molecule has 1 aromatic rings. The van der Waals surface area contributed by atoms with Crippen LogP contribution in [0, 0.1) is 11.3 Å². The van der Waals surface area contributed by atoms with Crippen LogP contribution in [0.15, 0.2) is 18.3 Å². The largest absolute Gasteiger partial charge is 0.327 e. The van der Waals surface area contributed by atoms with Crippen LogP contribution in [0.1, 0.15) is 63.1 Å². The molecule has 2 atom stereocenters. The monoisotopic (exact) mass is 258 g/mol. The molecule has 0 radical (unpaired) electrons. The van der Waals surface area contributed by atoms with Gasteiger partial charge in [-0.3, -0.25) is 4.98 Å². The summed E-state index contributed by atoms with van der Waals surface area (Å²) in [5, 5.41) is 0. The molecule has 1 fully saturated rings. The first-order valence-electron chi connectivity index (χ1n) is 7.76. The lowest BCUT2D eigenvalue weighted by Gasteiger charge is -2.38. The van der Waals surface area contributed by atoms with Crippen LogP contribution >= 0.6 is 0 Å². The average molecular weight is 258 g/mol. The van der Waals surface area contributed by atoms with Crippen molar-refractivity contribution in [2.75, 3.05) is 0 Å². The van der Waals surface area contributed by atoms with Crippen LogP contribution in [0.25, 0.3) is 0 Å². The van der Waals surface area contributed by atoms with Gasteiger partial charge in [-0.1, -0.05) is 19.9 Å². The van der Waals surface area contributed by atoms with Gasteiger partial charge in [-0.15, -0.1) is 0 Å². The molecule has 2 N–H and O–H groups in total. The van der Waals surface area contributed by atoms with Gasteiger partial charge in [0.2, 0.25) is 0 Å². The number of hydrogen-bond donors (Lipinski definition) is 1. The first-order chi connectivity index (χ1) is 9.07. The fourth-order valence-corrected chi connectivity index (χ4v) is 3.95. The minimum atomic E-state index is 0.312. The molecule has 19 heavy (non-hydrogen) atoms. The van der Waals surface area contributed by atoms with Crippen molar-refractivity contribution < 1.29 is 0 Å². The van der Waals surface area contributed by atoms with Gasteiger partial charge in [0.05, 0.1) is 0 Å². The Morgan fingerprint density at radius 2 is 2.00 bits per heavy atom. The van der Waals surface area contributed by atoms with Crippen molar-refractivity contribution in [1.82, 2.24) is 4.98 Å². The van der Waals surface area contributed by atoms with Crippen molar-refractivity contribution in [3.05, 3.63) is 29.6 Å². The normalized spacial score (nSPS) is 28.1. The maximum absolute atomic E-state index is 6.62. The van der Waals surface area contributed by atoms with Crippen LogP contribution < -0.4 is 5.73 Å². The van der Waals surface area contributed by atoms with E-state index in [-0.39, 0.29) is 0 Å². The van der Waals surface area contributed by atoms with Crippen molar-refractivity contribution in [3.8, 4) is 0 Å². The highest BCUT2D eigenvalue weighted by atomic mass is 14.8. The second-order valence-electron chi connectivity index (χ2n) is 7.27. The summed E-state index contributed by atoms with van der Waals surface area (Å²) >= 11 is 0. The van der Waals surface area contributed by atoms with E-state index in [4.69, 9.17) is 5.73 Å². The van der Waals surface area contributed by atoms with E-state index < -0.39 is 0 Å². The Hall–Kier alpha value is -0.890. The average Bonchev–Trinajstić information content (AvgIpc) is 2.82. The Labute approximate surface area is 116 Å². The number of aryl methyl sites for hydroxylation is 1. The minimum Gasteiger partial charge on any atom is -0.327 e. The fraction of sp³-hybridized carbons (Fsp3) is 0.706. The molecule has 0 aromatic carbocycles. The van der Waals surface area contributed by atoms with Gasteiger partial charge in [-0.2, -0.15) is 0 Å². The van der Waals surface area contributed by atoms with Gasteiger partial charge in [0.15, 0.2) is 0 Å². The van der Waals surface area contributed by atoms with Gasteiger partial charge >= 0.3 is 0 Å². The molecule has 1 aromatic heterocycles. The Bertz CT molecular complexity index is 442. The van der Waals surface area contributed by atoms with E-state index in [1.54, 1.807) is 0 Å². The molecule has 0 bridgehead atoms. The van der Waals surface area contributed by atoms with E-state index in [9.17, 15) is 0 Å². The van der Waals surface area contributed by atoms with E-state index in [2.05, 4.69) is 31.0 Å². The molecule has 104 valence electrons. The van der Waals surface area contributed by atoms with Crippen molar-refractivity contribution in [2.45, 2.75) is 64.3 Å². The standard InChI is InChI=1S/C17H26N2/c1-17(2)9-7-12(8-10-17)15(18)14-6-5-13-4-3-11-19-16(13)14/h3-4,11-12,14-15H,5-10,18H2,1-2H3. The third-order valence-electron chi connectivity index (χ3n) is 5.39. The summed E-state index contributed by atoms with van der Waals surface area (Å²) in [6.45, 7) is 4.78. The lowest BCUT2D eigenvalue weighted by molar-refractivity contribution is 0.164. The maximum atomic E-state index is 6.62. The summed E-state index contributed by atoms with van der Waals surface area (Å²) in [5.74, 6) is 1.20. The van der Waals surface area contributed by atoms with Crippen molar-refractivity contribution >= 4 is 0 Å². The SMILES string of the molecule is CC1(C)CCC(C(N)C2CCc3cccnc32)CC1. The van der Waals surface area contributed by atoms with E-state index in [1.807, 2.05) is 6.20 Å². The number of nitrogens with zero attached hydrogens (tertiary/aromatic N) is 1. The zero-order chi connectivity index (χ0) is 13.5. The van der Waals surface area contributed by atoms with Crippen molar-refractivity contribution in [3.63, 3.8) is 0 Å². The Morgan fingerprint density at radius 3 is 2.74 bits per heavy atom. The summed E-state index contributed by atoms with van der Waals surface area (Å²) in [6.07, 6.45) is 9.54. The second-order valence-corrected chi connectivity index (χ2v) is 7.27. The molecule has 0 spiro atoms. The van der Waals surface area contributed by atoms with Gasteiger partial charge in [0, 0.05) is 23.9 Å². The lowest BCUT2D eigenvalue weighted by Crippen LogP contribution is -2.39. The first kappa shape index (κ1) is 13.1. The topological polar surface area (TPSA) is 38.9 Å². The van der Waals surface area contributed by atoms with Crippen LogP contribution in [0.2, 0.25) is 0 Å². The van der Waals surface area contributed by atoms with E-state index in [0.29, 0.717) is 23.3 Å². The molecular weight excluding hydrogens is 232 g/mol. The highest BCUT2D eigenvalue weighted by Crippen LogP contribution is 2.43. The second kappa shape index (κ2) is 4.90. The lowest BCUT2D eigenvalue weighted by atomic mass is 9.69. The van der Waals surface area contributed by atoms with E-state index in [0.717, 1.165) is 0 Å². The van der Waals surface area contributed by atoms with Crippen LogP contribution in [0.5, 0.6) is 0 Å². The molecule has 2 heteroatoms. The summed E-state index contributed by atoms with van der Waals surface area (Å²) in [4.78, 5) is 4.61. The Balaban J connectivity index is 1.71. The molecule has 2 aliphatic rings. The highest BCUT2D eigenvalue weighted by Gasteiger charge is 2.36. The molecule has 2 aliphatic carbocycles. The quantitative estimate of drug-likeness (QED) is 0.879. The van der Waals surface area contributed by atoms with Crippen LogP contribution in [0.4, 0.5) is 0 Å².